The van der Waals surface area contributed by atoms with Crippen molar-refractivity contribution in [3.63, 3.8) is 0 Å². The van der Waals surface area contributed by atoms with E-state index >= 15 is 0 Å². The van der Waals surface area contributed by atoms with Crippen molar-refractivity contribution in [2.75, 3.05) is 38.6 Å². The van der Waals surface area contributed by atoms with Gasteiger partial charge in [-0.05, 0) is 76.3 Å². The third-order valence-corrected chi connectivity index (χ3v) is 8.30. The zero-order valence-electron chi connectivity index (χ0n) is 27.1. The number of nitrogens with zero attached hydrogens (tertiary/aromatic N) is 6. The minimum absolute atomic E-state index is 0.0530. The van der Waals surface area contributed by atoms with Gasteiger partial charge < -0.3 is 24.6 Å². The molecule has 11 nitrogen and oxygen atoms in total. The number of fused-ring (bicyclic) bond motifs is 1. The summed E-state index contributed by atoms with van der Waals surface area (Å²) in [6.45, 7) is 6.93. The first-order valence-corrected chi connectivity index (χ1v) is 15.8. The molecule has 1 saturated heterocycles. The zero-order valence-corrected chi connectivity index (χ0v) is 27.9. The number of halogens is 3. The first-order valence-electron chi connectivity index (χ1n) is 15.5. The van der Waals surface area contributed by atoms with Gasteiger partial charge in [0.25, 0.3) is 5.91 Å². The number of ether oxygens (including phenoxy) is 2. The number of likely N-dealkylation sites (tertiary alicyclic amines) is 1. The highest BCUT2D eigenvalue weighted by molar-refractivity contribution is 6.34. The molecule has 3 heterocycles. The van der Waals surface area contributed by atoms with E-state index in [2.05, 4.69) is 15.3 Å². The lowest BCUT2D eigenvalue weighted by molar-refractivity contribution is 0.0179. The molecule has 48 heavy (non-hydrogen) atoms. The van der Waals surface area contributed by atoms with Crippen LogP contribution < -0.4 is 10.1 Å². The monoisotopic (exact) mass is 679 g/mol. The maximum Gasteiger partial charge on any atom is 0.410 e. The number of rotatable bonds is 9. The summed E-state index contributed by atoms with van der Waals surface area (Å²) in [5.41, 5.74) is 0.912. The molecular formula is C34H36ClF2N7O4. The van der Waals surface area contributed by atoms with Gasteiger partial charge in [0.1, 0.15) is 11.7 Å². The van der Waals surface area contributed by atoms with Crippen LogP contribution in [0.3, 0.4) is 0 Å². The van der Waals surface area contributed by atoms with Crippen LogP contribution in [0.25, 0.3) is 16.9 Å². The SMILES string of the molecule is CN(CCC1CCN(C(=O)OC(C)(C)C)CC1)C(=O)c1ccc(Nc2nccn3c(-c4ccc(OCC#N)c(F)c4F)cnc23)cc1Cl. The van der Waals surface area contributed by atoms with Crippen molar-refractivity contribution < 1.29 is 27.8 Å². The molecule has 4 aromatic rings. The van der Waals surface area contributed by atoms with Crippen LogP contribution >= 0.6 is 11.6 Å². The second-order valence-electron chi connectivity index (χ2n) is 12.5. The Hall–Kier alpha value is -4.96. The number of aromatic nitrogens is 3. The van der Waals surface area contributed by atoms with E-state index < -0.39 is 23.8 Å². The first-order chi connectivity index (χ1) is 22.9. The summed E-state index contributed by atoms with van der Waals surface area (Å²) in [5.74, 6) is -2.21. The minimum Gasteiger partial charge on any atom is -0.476 e. The molecule has 1 fully saturated rings. The molecular weight excluding hydrogens is 644 g/mol. The largest absolute Gasteiger partial charge is 0.476 e. The Morgan fingerprint density at radius 2 is 1.90 bits per heavy atom. The molecule has 1 aliphatic rings. The summed E-state index contributed by atoms with van der Waals surface area (Å²) in [5, 5.41) is 12.1. The lowest BCUT2D eigenvalue weighted by Gasteiger charge is -2.34. The average Bonchev–Trinajstić information content (AvgIpc) is 3.48. The highest BCUT2D eigenvalue weighted by Gasteiger charge is 2.27. The van der Waals surface area contributed by atoms with Crippen LogP contribution in [-0.2, 0) is 4.74 Å². The van der Waals surface area contributed by atoms with E-state index in [9.17, 15) is 18.4 Å². The number of benzene rings is 2. The number of imidazole rings is 1. The molecule has 1 aliphatic heterocycles. The lowest BCUT2D eigenvalue weighted by Crippen LogP contribution is -2.42. The predicted octanol–water partition coefficient (Wildman–Crippen LogP) is 7.08. The molecule has 252 valence electrons. The predicted molar refractivity (Wildman–Crippen MR) is 176 cm³/mol. The van der Waals surface area contributed by atoms with Gasteiger partial charge in [0.05, 0.1) is 22.5 Å². The van der Waals surface area contributed by atoms with Crippen molar-refractivity contribution in [1.82, 2.24) is 24.2 Å². The smallest absolute Gasteiger partial charge is 0.410 e. The van der Waals surface area contributed by atoms with Crippen molar-refractivity contribution in [3.05, 3.63) is 71.1 Å². The van der Waals surface area contributed by atoms with Crippen LogP contribution in [0.5, 0.6) is 5.75 Å². The fourth-order valence-corrected chi connectivity index (χ4v) is 5.74. The minimum atomic E-state index is -1.21. The first kappa shape index (κ1) is 34.4. The van der Waals surface area contributed by atoms with Gasteiger partial charge in [0.2, 0.25) is 5.82 Å². The van der Waals surface area contributed by atoms with Crippen LogP contribution in [0.4, 0.5) is 25.1 Å². The maximum atomic E-state index is 15.0. The second-order valence-corrected chi connectivity index (χ2v) is 13.0. The standard InChI is InChI=1S/C34H36ClF2N7O4/c1-34(2,3)48-33(46)43-15-10-21(11-16-43)9-14-42(4)32(45)23-6-5-22(19-25(23)35)41-30-31-40-20-26(44(31)17-13-39-30)24-7-8-27(47-18-12-38)29(37)28(24)36/h5-8,13,17,19-21H,9-11,14-16,18H2,1-4H3,(H,39,41). The fraction of sp³-hybridized carbons (Fsp3) is 0.382. The summed E-state index contributed by atoms with van der Waals surface area (Å²) in [7, 11) is 1.74. The third kappa shape index (κ3) is 7.77. The average molecular weight is 680 g/mol. The van der Waals surface area contributed by atoms with Crippen molar-refractivity contribution in [2.24, 2.45) is 5.92 Å². The topological polar surface area (TPSA) is 125 Å². The summed E-state index contributed by atoms with van der Waals surface area (Å²) in [4.78, 5) is 37.7. The molecule has 14 heteroatoms. The van der Waals surface area contributed by atoms with E-state index in [1.807, 2.05) is 20.8 Å². The number of anilines is 2. The molecule has 0 radical (unpaired) electrons. The Morgan fingerprint density at radius 3 is 2.58 bits per heavy atom. The van der Waals surface area contributed by atoms with E-state index in [0.717, 1.165) is 19.3 Å². The van der Waals surface area contributed by atoms with Crippen LogP contribution in [0.1, 0.15) is 50.4 Å². The van der Waals surface area contributed by atoms with Gasteiger partial charge >= 0.3 is 6.09 Å². The molecule has 0 aliphatic carbocycles. The van der Waals surface area contributed by atoms with E-state index in [-0.39, 0.29) is 34.0 Å². The molecule has 1 N–H and O–H groups in total. The second kappa shape index (κ2) is 14.4. The van der Waals surface area contributed by atoms with Gasteiger partial charge in [-0.3, -0.25) is 9.20 Å². The van der Waals surface area contributed by atoms with Crippen LogP contribution in [0, 0.1) is 28.9 Å². The molecule has 5 rings (SSSR count). The van der Waals surface area contributed by atoms with E-state index in [1.165, 1.54) is 24.5 Å². The van der Waals surface area contributed by atoms with Gasteiger partial charge in [-0.25, -0.2) is 19.2 Å². The number of amides is 2. The molecule has 0 saturated carbocycles. The van der Waals surface area contributed by atoms with Crippen LogP contribution in [0.2, 0.25) is 5.02 Å². The Bertz CT molecular complexity index is 1860. The third-order valence-electron chi connectivity index (χ3n) is 7.99. The summed E-state index contributed by atoms with van der Waals surface area (Å²) >= 11 is 6.57. The lowest BCUT2D eigenvalue weighted by atomic mass is 9.93. The Balaban J connectivity index is 1.21. The number of nitriles is 1. The summed E-state index contributed by atoms with van der Waals surface area (Å²) < 4.78 is 41.6. The van der Waals surface area contributed by atoms with Gasteiger partial charge in [-0.2, -0.15) is 9.65 Å². The van der Waals surface area contributed by atoms with Gasteiger partial charge in [-0.1, -0.05) is 11.6 Å². The Labute approximate surface area is 282 Å². The van der Waals surface area contributed by atoms with E-state index in [0.29, 0.717) is 48.3 Å². The maximum absolute atomic E-state index is 15.0. The van der Waals surface area contributed by atoms with Crippen molar-refractivity contribution >= 4 is 40.8 Å². The fourth-order valence-electron chi connectivity index (χ4n) is 5.47. The normalized spacial score (nSPS) is 13.7. The molecule has 0 unspecified atom stereocenters. The van der Waals surface area contributed by atoms with Crippen molar-refractivity contribution in [3.8, 4) is 23.1 Å². The summed E-state index contributed by atoms with van der Waals surface area (Å²) in [6, 6.07) is 9.26. The number of piperidine rings is 1. The molecule has 2 amide bonds. The quantitative estimate of drug-likeness (QED) is 0.199. The van der Waals surface area contributed by atoms with Crippen molar-refractivity contribution in [1.29, 1.82) is 5.26 Å². The Kier molecular flexibility index (Phi) is 10.3. The molecule has 0 bridgehead atoms. The zero-order chi connectivity index (χ0) is 34.6. The number of hydrogen-bond donors (Lipinski definition) is 1. The molecule has 2 aromatic carbocycles. The number of hydrogen-bond acceptors (Lipinski definition) is 8. The molecule has 0 atom stereocenters. The van der Waals surface area contributed by atoms with Gasteiger partial charge in [0, 0.05) is 50.3 Å². The van der Waals surface area contributed by atoms with Crippen molar-refractivity contribution in [2.45, 2.75) is 45.6 Å². The summed E-state index contributed by atoms with van der Waals surface area (Å²) in [6.07, 6.45) is 6.64. The number of carbonyl (C=O) groups excluding carboxylic acids is 2. The number of carbonyl (C=O) groups is 2. The van der Waals surface area contributed by atoms with E-state index in [4.69, 9.17) is 26.3 Å². The van der Waals surface area contributed by atoms with Gasteiger partial charge in [0.15, 0.2) is 29.6 Å². The Morgan fingerprint density at radius 1 is 1.15 bits per heavy atom. The van der Waals surface area contributed by atoms with Crippen LogP contribution in [-0.4, -0.2) is 75.1 Å². The highest BCUT2D eigenvalue weighted by Crippen LogP contribution is 2.32. The molecule has 2 aromatic heterocycles. The molecule has 0 spiro atoms. The highest BCUT2D eigenvalue weighted by atomic mass is 35.5. The van der Waals surface area contributed by atoms with Gasteiger partial charge in [-0.15, -0.1) is 0 Å². The number of nitrogens with one attached hydrogen (secondary N) is 1. The van der Waals surface area contributed by atoms with E-state index in [1.54, 1.807) is 51.7 Å². The van der Waals surface area contributed by atoms with Crippen LogP contribution in [0.15, 0.2) is 48.9 Å².